The second-order valence-electron chi connectivity index (χ2n) is 7.04. The van der Waals surface area contributed by atoms with Crippen LogP contribution in [-0.2, 0) is 16.0 Å². The predicted octanol–water partition coefficient (Wildman–Crippen LogP) is 4.03. The molecule has 0 fully saturated rings. The maximum atomic E-state index is 13.2. The van der Waals surface area contributed by atoms with E-state index in [1.807, 2.05) is 48.5 Å². The van der Waals surface area contributed by atoms with E-state index in [-0.39, 0.29) is 23.5 Å². The van der Waals surface area contributed by atoms with Crippen molar-refractivity contribution in [1.82, 2.24) is 4.90 Å². The van der Waals surface area contributed by atoms with E-state index in [9.17, 15) is 19.7 Å². The third-order valence-electron chi connectivity index (χ3n) is 5.04. The van der Waals surface area contributed by atoms with Gasteiger partial charge < -0.3 is 5.32 Å². The van der Waals surface area contributed by atoms with Crippen molar-refractivity contribution in [3.05, 3.63) is 112 Å². The number of rotatable bonds is 7. The van der Waals surface area contributed by atoms with Crippen LogP contribution in [0.25, 0.3) is 5.57 Å². The van der Waals surface area contributed by atoms with Crippen LogP contribution in [0, 0.1) is 10.1 Å². The molecule has 0 radical (unpaired) electrons. The van der Waals surface area contributed by atoms with E-state index >= 15 is 0 Å². The zero-order chi connectivity index (χ0) is 21.8. The molecule has 0 aliphatic carbocycles. The van der Waals surface area contributed by atoms with Crippen molar-refractivity contribution >= 4 is 28.8 Å². The van der Waals surface area contributed by atoms with Gasteiger partial charge in [0.15, 0.2) is 0 Å². The number of carbonyl (C=O) groups is 2. The molecule has 0 aromatic heterocycles. The molecular weight excluding hydrogens is 394 g/mol. The SMILES string of the molecule is O=C1C(Nc2ccccc2)=C(c2ccc([N+](=O)[O-])cc2)C(=O)N1CCc1ccccc1. The molecule has 31 heavy (non-hydrogen) atoms. The third kappa shape index (κ3) is 4.20. The highest BCUT2D eigenvalue weighted by molar-refractivity contribution is 6.36. The van der Waals surface area contributed by atoms with Gasteiger partial charge in [0.25, 0.3) is 17.5 Å². The zero-order valence-electron chi connectivity index (χ0n) is 16.5. The maximum Gasteiger partial charge on any atom is 0.278 e. The molecule has 3 aromatic carbocycles. The van der Waals surface area contributed by atoms with Crippen LogP contribution in [0.5, 0.6) is 0 Å². The van der Waals surface area contributed by atoms with Crippen LogP contribution in [0.1, 0.15) is 11.1 Å². The molecule has 0 saturated carbocycles. The summed E-state index contributed by atoms with van der Waals surface area (Å²) in [6.45, 7) is 0.234. The van der Waals surface area contributed by atoms with Crippen molar-refractivity contribution in [2.45, 2.75) is 6.42 Å². The van der Waals surface area contributed by atoms with Crippen molar-refractivity contribution in [3.8, 4) is 0 Å². The Bertz CT molecular complexity index is 1160. The van der Waals surface area contributed by atoms with Gasteiger partial charge in [0.05, 0.1) is 10.5 Å². The molecule has 0 atom stereocenters. The summed E-state index contributed by atoms with van der Waals surface area (Å²) in [6, 6.07) is 24.3. The van der Waals surface area contributed by atoms with Crippen molar-refractivity contribution in [1.29, 1.82) is 0 Å². The van der Waals surface area contributed by atoms with Crippen LogP contribution in [0.4, 0.5) is 11.4 Å². The number of anilines is 1. The fourth-order valence-electron chi connectivity index (χ4n) is 3.46. The van der Waals surface area contributed by atoms with E-state index < -0.39 is 16.7 Å². The van der Waals surface area contributed by atoms with Crippen molar-refractivity contribution in [3.63, 3.8) is 0 Å². The lowest BCUT2D eigenvalue weighted by Crippen LogP contribution is -2.34. The van der Waals surface area contributed by atoms with Gasteiger partial charge in [0.2, 0.25) is 0 Å². The summed E-state index contributed by atoms with van der Waals surface area (Å²) in [5.41, 5.74) is 2.42. The third-order valence-corrected chi connectivity index (χ3v) is 5.04. The normalized spacial score (nSPS) is 13.6. The number of nitro benzene ring substituents is 1. The van der Waals surface area contributed by atoms with Crippen molar-refractivity contribution < 1.29 is 14.5 Å². The molecule has 7 heteroatoms. The minimum absolute atomic E-state index is 0.0837. The first-order chi connectivity index (χ1) is 15.0. The van der Waals surface area contributed by atoms with Gasteiger partial charge in [-0.05, 0) is 41.8 Å². The Balaban J connectivity index is 1.67. The number of para-hydroxylation sites is 1. The number of carbonyl (C=O) groups excluding carboxylic acids is 2. The first-order valence-electron chi connectivity index (χ1n) is 9.76. The van der Waals surface area contributed by atoms with Crippen molar-refractivity contribution in [2.75, 3.05) is 11.9 Å². The zero-order valence-corrected chi connectivity index (χ0v) is 16.5. The van der Waals surface area contributed by atoms with Gasteiger partial charge in [-0.25, -0.2) is 0 Å². The smallest absolute Gasteiger partial charge is 0.278 e. The lowest BCUT2D eigenvalue weighted by molar-refractivity contribution is -0.384. The second kappa shape index (κ2) is 8.62. The number of nitro groups is 1. The second-order valence-corrected chi connectivity index (χ2v) is 7.04. The predicted molar refractivity (Wildman–Crippen MR) is 117 cm³/mol. The molecule has 1 N–H and O–H groups in total. The molecule has 7 nitrogen and oxygen atoms in total. The standard InChI is InChI=1S/C24H19N3O4/c28-23-21(18-11-13-20(14-12-18)27(30)31)22(25-19-9-5-2-6-10-19)24(29)26(23)16-15-17-7-3-1-4-8-17/h1-14,25H,15-16H2. The molecule has 4 rings (SSSR count). The Morgan fingerprint density at radius 1 is 0.806 bits per heavy atom. The van der Waals surface area contributed by atoms with Crippen LogP contribution in [0.2, 0.25) is 0 Å². The number of hydrogen-bond acceptors (Lipinski definition) is 5. The minimum Gasteiger partial charge on any atom is -0.350 e. The van der Waals surface area contributed by atoms with Gasteiger partial charge >= 0.3 is 0 Å². The van der Waals surface area contributed by atoms with Crippen LogP contribution in [0.15, 0.2) is 90.6 Å². The number of benzene rings is 3. The maximum absolute atomic E-state index is 13.2. The van der Waals surface area contributed by atoms with Crippen LogP contribution >= 0.6 is 0 Å². The minimum atomic E-state index is -0.505. The van der Waals surface area contributed by atoms with Gasteiger partial charge in [0, 0.05) is 24.4 Å². The summed E-state index contributed by atoms with van der Waals surface area (Å²) < 4.78 is 0. The molecular formula is C24H19N3O4. The van der Waals surface area contributed by atoms with Gasteiger partial charge in [-0.3, -0.25) is 24.6 Å². The summed E-state index contributed by atoms with van der Waals surface area (Å²) in [5.74, 6) is -0.841. The lowest BCUT2D eigenvalue weighted by atomic mass is 10.0. The largest absolute Gasteiger partial charge is 0.350 e. The number of imide groups is 1. The molecule has 1 heterocycles. The first kappa shape index (κ1) is 20.0. The molecule has 1 aliphatic rings. The quantitative estimate of drug-likeness (QED) is 0.359. The van der Waals surface area contributed by atoms with Gasteiger partial charge in [-0.2, -0.15) is 0 Å². The summed E-state index contributed by atoms with van der Waals surface area (Å²) in [4.78, 5) is 38.1. The van der Waals surface area contributed by atoms with E-state index in [0.717, 1.165) is 5.56 Å². The van der Waals surface area contributed by atoms with E-state index in [0.29, 0.717) is 17.7 Å². The Kier molecular flexibility index (Phi) is 5.57. The van der Waals surface area contributed by atoms with Gasteiger partial charge in [0.1, 0.15) is 5.70 Å². The van der Waals surface area contributed by atoms with E-state index in [2.05, 4.69) is 5.32 Å². The summed E-state index contributed by atoms with van der Waals surface area (Å²) >= 11 is 0. The molecule has 0 spiro atoms. The first-order valence-corrected chi connectivity index (χ1v) is 9.76. The highest BCUT2D eigenvalue weighted by atomic mass is 16.6. The Morgan fingerprint density at radius 2 is 1.42 bits per heavy atom. The fraction of sp³-hybridized carbons (Fsp3) is 0.0833. The number of nitrogens with zero attached hydrogens (tertiary/aromatic N) is 2. The van der Waals surface area contributed by atoms with E-state index in [1.54, 1.807) is 12.1 Å². The average molecular weight is 413 g/mol. The molecule has 2 amide bonds. The lowest BCUT2D eigenvalue weighted by Gasteiger charge is -2.15. The average Bonchev–Trinajstić information content (AvgIpc) is 3.03. The van der Waals surface area contributed by atoms with Crippen LogP contribution < -0.4 is 5.32 Å². The Hall–Kier alpha value is -4.26. The molecule has 3 aromatic rings. The summed E-state index contributed by atoms with van der Waals surface area (Å²) in [7, 11) is 0. The van der Waals surface area contributed by atoms with Crippen LogP contribution in [0.3, 0.4) is 0 Å². The monoisotopic (exact) mass is 413 g/mol. The van der Waals surface area contributed by atoms with Gasteiger partial charge in [-0.1, -0.05) is 48.5 Å². The van der Waals surface area contributed by atoms with Crippen molar-refractivity contribution in [2.24, 2.45) is 0 Å². The van der Waals surface area contributed by atoms with Gasteiger partial charge in [-0.15, -0.1) is 0 Å². The fourth-order valence-corrected chi connectivity index (χ4v) is 3.46. The number of amides is 2. The molecule has 0 bridgehead atoms. The van der Waals surface area contributed by atoms with Crippen LogP contribution in [-0.4, -0.2) is 28.2 Å². The topological polar surface area (TPSA) is 92.5 Å². The summed E-state index contributed by atoms with van der Waals surface area (Å²) in [5, 5.41) is 14.0. The molecule has 1 aliphatic heterocycles. The highest BCUT2D eigenvalue weighted by Gasteiger charge is 2.39. The molecule has 154 valence electrons. The molecule has 0 unspecified atom stereocenters. The Morgan fingerprint density at radius 3 is 2.03 bits per heavy atom. The highest BCUT2D eigenvalue weighted by Crippen LogP contribution is 2.31. The molecule has 0 saturated heterocycles. The Labute approximate surface area is 178 Å². The number of nitrogens with one attached hydrogen (secondary N) is 1. The van der Waals surface area contributed by atoms with E-state index in [1.165, 1.54) is 29.2 Å². The van der Waals surface area contributed by atoms with E-state index in [4.69, 9.17) is 0 Å². The summed E-state index contributed by atoms with van der Waals surface area (Å²) in [6.07, 6.45) is 0.532. The number of hydrogen-bond donors (Lipinski definition) is 1. The number of non-ortho nitro benzene ring substituents is 1.